The second-order valence-electron chi connectivity index (χ2n) is 9.54. The molecule has 12 heteroatoms. The van der Waals surface area contributed by atoms with Gasteiger partial charge in [-0.2, -0.15) is 18.3 Å². The van der Waals surface area contributed by atoms with Crippen LogP contribution in [0.3, 0.4) is 0 Å². The summed E-state index contributed by atoms with van der Waals surface area (Å²) in [6, 6.07) is 4.25. The van der Waals surface area contributed by atoms with Gasteiger partial charge >= 0.3 is 6.18 Å². The molecule has 38 heavy (non-hydrogen) atoms. The number of rotatable bonds is 7. The van der Waals surface area contributed by atoms with E-state index in [-0.39, 0.29) is 29.4 Å². The molecule has 202 valence electrons. The van der Waals surface area contributed by atoms with Gasteiger partial charge in [-0.1, -0.05) is 13.8 Å². The number of amides is 1. The highest BCUT2D eigenvalue weighted by atomic mass is 19.4. The Bertz CT molecular complexity index is 1390. The van der Waals surface area contributed by atoms with Gasteiger partial charge in [0.15, 0.2) is 0 Å². The summed E-state index contributed by atoms with van der Waals surface area (Å²) in [6.45, 7) is 9.25. The van der Waals surface area contributed by atoms with Gasteiger partial charge in [-0.25, -0.2) is 0 Å². The number of alkyl halides is 3. The summed E-state index contributed by atoms with van der Waals surface area (Å²) in [5, 5.41) is 11.7. The van der Waals surface area contributed by atoms with Crippen LogP contribution in [0.15, 0.2) is 36.8 Å². The Morgan fingerprint density at radius 1 is 1.13 bits per heavy atom. The predicted molar refractivity (Wildman–Crippen MR) is 140 cm³/mol. The van der Waals surface area contributed by atoms with Crippen molar-refractivity contribution in [1.82, 2.24) is 31.0 Å². The van der Waals surface area contributed by atoms with Crippen LogP contribution in [-0.2, 0) is 19.8 Å². The molecule has 9 nitrogen and oxygen atoms in total. The monoisotopic (exact) mass is 528 g/mol. The predicted octanol–water partition coefficient (Wildman–Crippen LogP) is 4.34. The first-order chi connectivity index (χ1) is 17.8. The maximum Gasteiger partial charge on any atom is 0.416 e. The van der Waals surface area contributed by atoms with Crippen LogP contribution in [0.5, 0.6) is 0 Å². The molecule has 2 aromatic heterocycles. The summed E-state index contributed by atoms with van der Waals surface area (Å²) in [5.41, 5.74) is 10.1. The van der Waals surface area contributed by atoms with Crippen molar-refractivity contribution >= 4 is 23.0 Å². The van der Waals surface area contributed by atoms with Gasteiger partial charge in [0.1, 0.15) is 0 Å². The summed E-state index contributed by atoms with van der Waals surface area (Å²) in [5.74, 6) is -0.571. The fourth-order valence-electron chi connectivity index (χ4n) is 4.08. The fraction of sp³-hybridized carbons (Fsp3) is 0.346. The number of hydrogen-bond acceptors (Lipinski definition) is 7. The summed E-state index contributed by atoms with van der Waals surface area (Å²) in [4.78, 5) is 17.5. The molecule has 0 bridgehead atoms. The number of anilines is 2. The number of benzene rings is 1. The molecule has 1 aliphatic heterocycles. The van der Waals surface area contributed by atoms with Crippen LogP contribution < -0.4 is 26.6 Å². The Morgan fingerprint density at radius 2 is 1.87 bits per heavy atom. The Morgan fingerprint density at radius 3 is 2.50 bits per heavy atom. The van der Waals surface area contributed by atoms with Gasteiger partial charge in [0.05, 0.1) is 34.4 Å². The normalized spacial score (nSPS) is 13.6. The van der Waals surface area contributed by atoms with Gasteiger partial charge in [0.25, 0.3) is 5.91 Å². The number of halogens is 3. The Labute approximate surface area is 219 Å². The quantitative estimate of drug-likeness (QED) is 0.362. The van der Waals surface area contributed by atoms with Crippen LogP contribution in [0.1, 0.15) is 57.8 Å². The minimum absolute atomic E-state index is 0.0609. The molecule has 3 heterocycles. The van der Waals surface area contributed by atoms with Crippen molar-refractivity contribution in [2.75, 3.05) is 10.3 Å². The molecular formula is C26H31F3N8O. The third-order valence-electron chi connectivity index (χ3n) is 6.46. The highest BCUT2D eigenvalue weighted by molar-refractivity contribution is 6.04. The largest absolute Gasteiger partial charge is 0.416 e. The van der Waals surface area contributed by atoms with E-state index in [2.05, 4.69) is 31.7 Å². The molecular weight excluding hydrogens is 497 g/mol. The van der Waals surface area contributed by atoms with Crippen LogP contribution >= 0.6 is 0 Å². The first kappa shape index (κ1) is 27.1. The van der Waals surface area contributed by atoms with Crippen LogP contribution in [0, 0.1) is 20.8 Å². The number of aryl methyl sites for hydroxylation is 2. The Hall–Kier alpha value is -3.90. The van der Waals surface area contributed by atoms with Crippen LogP contribution in [0.4, 0.5) is 24.5 Å². The van der Waals surface area contributed by atoms with E-state index in [0.29, 0.717) is 16.9 Å². The SMILES string of the molecule is Cc1ncc(C(=O)Nc2cc(CNC(C)C)c(C)c(C(F)(F)F)c2)cc1N1C=C(c2cnn(C)c2C)NN1. The Kier molecular flexibility index (Phi) is 7.47. The molecule has 4 N–H and O–H groups in total. The molecule has 0 unspecified atom stereocenters. The van der Waals surface area contributed by atoms with Gasteiger partial charge in [0, 0.05) is 49.0 Å². The van der Waals surface area contributed by atoms with Crippen LogP contribution in [0.25, 0.3) is 5.70 Å². The Balaban J connectivity index is 1.61. The summed E-state index contributed by atoms with van der Waals surface area (Å²) in [7, 11) is 1.85. The summed E-state index contributed by atoms with van der Waals surface area (Å²) < 4.78 is 43.0. The lowest BCUT2D eigenvalue weighted by Crippen LogP contribution is -2.36. The van der Waals surface area contributed by atoms with E-state index in [4.69, 9.17) is 0 Å². The van der Waals surface area contributed by atoms with E-state index in [1.807, 2.05) is 34.0 Å². The smallest absolute Gasteiger partial charge is 0.322 e. The van der Waals surface area contributed by atoms with Crippen molar-refractivity contribution < 1.29 is 18.0 Å². The van der Waals surface area contributed by atoms with E-state index >= 15 is 0 Å². The zero-order chi connectivity index (χ0) is 27.8. The fourth-order valence-corrected chi connectivity index (χ4v) is 4.08. The molecule has 3 aromatic rings. The number of aromatic nitrogens is 3. The molecule has 1 amide bonds. The lowest BCUT2D eigenvalue weighted by Gasteiger charge is -2.19. The van der Waals surface area contributed by atoms with Gasteiger partial charge in [-0.15, -0.1) is 5.53 Å². The zero-order valence-electron chi connectivity index (χ0n) is 22.1. The summed E-state index contributed by atoms with van der Waals surface area (Å²) in [6.07, 6.45) is 0.407. The van der Waals surface area contributed by atoms with E-state index in [1.165, 1.54) is 13.1 Å². The lowest BCUT2D eigenvalue weighted by atomic mass is 10.00. The highest BCUT2D eigenvalue weighted by Gasteiger charge is 2.34. The zero-order valence-corrected chi connectivity index (χ0v) is 22.1. The average molecular weight is 529 g/mol. The standard InChI is InChI=1S/C26H31F3N8O/c1-14(2)30-10-18-7-20(9-22(15(18)3)26(27,28)29)33-25(38)19-8-24(16(4)31-11-19)37-13-23(34-35-37)21-12-32-36(6)17(21)5/h7-9,11-14,30,34-35H,10H2,1-6H3,(H,33,38). The van der Waals surface area contributed by atoms with Gasteiger partial charge < -0.3 is 16.1 Å². The number of nitrogens with zero attached hydrogens (tertiary/aromatic N) is 4. The van der Waals surface area contributed by atoms with E-state index in [0.717, 1.165) is 23.0 Å². The number of carbonyl (C=O) groups is 1. The molecule has 0 spiro atoms. The maximum absolute atomic E-state index is 13.7. The molecule has 0 saturated heterocycles. The number of nitrogens with one attached hydrogen (secondary N) is 4. The van der Waals surface area contributed by atoms with Crippen LogP contribution in [-0.4, -0.2) is 26.7 Å². The minimum atomic E-state index is -4.55. The molecule has 0 radical (unpaired) electrons. The second kappa shape index (κ2) is 10.5. The topological polar surface area (TPSA) is 99.1 Å². The van der Waals surface area contributed by atoms with Gasteiger partial charge in [-0.3, -0.25) is 19.5 Å². The second-order valence-corrected chi connectivity index (χ2v) is 9.54. The number of pyridine rings is 1. The molecule has 1 aromatic carbocycles. The third kappa shape index (κ3) is 5.65. The molecule has 4 rings (SSSR count). The molecule has 0 atom stereocenters. The highest BCUT2D eigenvalue weighted by Crippen LogP contribution is 2.35. The lowest BCUT2D eigenvalue weighted by molar-refractivity contribution is -0.138. The van der Waals surface area contributed by atoms with Crippen molar-refractivity contribution in [2.24, 2.45) is 7.05 Å². The maximum atomic E-state index is 13.7. The third-order valence-corrected chi connectivity index (χ3v) is 6.46. The summed E-state index contributed by atoms with van der Waals surface area (Å²) >= 11 is 0. The molecule has 1 aliphatic rings. The molecule has 0 saturated carbocycles. The van der Waals surface area contributed by atoms with Crippen molar-refractivity contribution in [3.8, 4) is 0 Å². The number of carbonyl (C=O) groups excluding carboxylic acids is 1. The van der Waals surface area contributed by atoms with Crippen LogP contribution in [0.2, 0.25) is 0 Å². The van der Waals surface area contributed by atoms with Gasteiger partial charge in [-0.05, 0) is 50.1 Å². The van der Waals surface area contributed by atoms with Crippen molar-refractivity contribution in [3.05, 3.63) is 76.0 Å². The van der Waals surface area contributed by atoms with E-state index in [1.54, 1.807) is 34.9 Å². The molecule has 0 fully saturated rings. The van der Waals surface area contributed by atoms with Crippen molar-refractivity contribution in [3.63, 3.8) is 0 Å². The molecule has 0 aliphatic carbocycles. The van der Waals surface area contributed by atoms with E-state index < -0.39 is 17.6 Å². The van der Waals surface area contributed by atoms with Crippen molar-refractivity contribution in [2.45, 2.75) is 53.4 Å². The van der Waals surface area contributed by atoms with E-state index in [9.17, 15) is 18.0 Å². The first-order valence-corrected chi connectivity index (χ1v) is 12.1. The number of hydrazine groups is 2. The average Bonchev–Trinajstić information content (AvgIpc) is 3.45. The van der Waals surface area contributed by atoms with Gasteiger partial charge in [0.2, 0.25) is 0 Å². The van der Waals surface area contributed by atoms with Crippen molar-refractivity contribution in [1.29, 1.82) is 0 Å². The minimum Gasteiger partial charge on any atom is -0.322 e. The number of hydrogen-bond donors (Lipinski definition) is 4. The first-order valence-electron chi connectivity index (χ1n) is 12.1.